The quantitative estimate of drug-likeness (QED) is 0.821. The number of carbonyl (C=O) groups excluding carboxylic acids is 3. The second kappa shape index (κ2) is 6.85. The average Bonchev–Trinajstić information content (AvgIpc) is 2.99. The molecule has 0 aliphatic rings. The average molecular weight is 336 g/mol. The summed E-state index contributed by atoms with van der Waals surface area (Å²) in [6.45, 7) is 3.21. The fourth-order valence-corrected chi connectivity index (χ4v) is 2.83. The van der Waals surface area contributed by atoms with Crippen LogP contribution in [0.25, 0.3) is 0 Å². The number of anilines is 1. The van der Waals surface area contributed by atoms with Crippen molar-refractivity contribution < 1.29 is 14.4 Å². The Balaban J connectivity index is 2.23. The fourth-order valence-electron chi connectivity index (χ4n) is 1.82. The lowest BCUT2D eigenvalue weighted by atomic mass is 10.1. The minimum absolute atomic E-state index is 0.0258. The number of hydrogen-bond donors (Lipinski definition) is 1. The number of amides is 1. The van der Waals surface area contributed by atoms with E-state index in [2.05, 4.69) is 5.32 Å². The summed E-state index contributed by atoms with van der Waals surface area (Å²) in [6.07, 6.45) is 0.377. The van der Waals surface area contributed by atoms with Crippen molar-refractivity contribution in [3.63, 3.8) is 0 Å². The summed E-state index contributed by atoms with van der Waals surface area (Å²) in [5.74, 6) is -0.480. The van der Waals surface area contributed by atoms with E-state index in [0.29, 0.717) is 33.1 Å². The highest BCUT2D eigenvalue weighted by molar-refractivity contribution is 7.12. The lowest BCUT2D eigenvalue weighted by molar-refractivity contribution is 0.0984. The van der Waals surface area contributed by atoms with Crippen molar-refractivity contribution in [2.24, 2.45) is 0 Å². The van der Waals surface area contributed by atoms with Crippen molar-refractivity contribution in [2.45, 2.75) is 20.3 Å². The number of thiophene rings is 1. The standard InChI is InChI=1S/C16H14ClNO3S/c1-3-14(20)10-4-5-12(17)13(6-10)18-16(21)15-7-11(8-22-15)9(2)19/h4-8H,3H2,1-2H3,(H,18,21). The molecule has 0 bridgehead atoms. The van der Waals surface area contributed by atoms with Crippen LogP contribution in [0.15, 0.2) is 29.6 Å². The van der Waals surface area contributed by atoms with Crippen LogP contribution >= 0.6 is 22.9 Å². The maximum Gasteiger partial charge on any atom is 0.265 e. The molecule has 1 aromatic carbocycles. The number of benzene rings is 1. The zero-order valence-electron chi connectivity index (χ0n) is 12.1. The summed E-state index contributed by atoms with van der Waals surface area (Å²) in [5, 5.41) is 4.66. The number of nitrogens with one attached hydrogen (secondary N) is 1. The first-order valence-corrected chi connectivity index (χ1v) is 7.91. The van der Waals surface area contributed by atoms with E-state index in [1.807, 2.05) is 0 Å². The molecule has 6 heteroatoms. The van der Waals surface area contributed by atoms with E-state index in [9.17, 15) is 14.4 Å². The second-order valence-electron chi connectivity index (χ2n) is 4.68. The van der Waals surface area contributed by atoms with Gasteiger partial charge in [0, 0.05) is 22.9 Å². The molecular formula is C16H14ClNO3S. The van der Waals surface area contributed by atoms with Crippen LogP contribution in [0.5, 0.6) is 0 Å². The van der Waals surface area contributed by atoms with Crippen LogP contribution in [0.2, 0.25) is 5.02 Å². The monoisotopic (exact) mass is 335 g/mol. The molecule has 0 saturated heterocycles. The van der Waals surface area contributed by atoms with Gasteiger partial charge >= 0.3 is 0 Å². The van der Waals surface area contributed by atoms with Crippen LogP contribution in [0.3, 0.4) is 0 Å². The molecule has 114 valence electrons. The van der Waals surface area contributed by atoms with Crippen LogP contribution in [-0.2, 0) is 0 Å². The number of hydrogen-bond acceptors (Lipinski definition) is 4. The third kappa shape index (κ3) is 3.61. The van der Waals surface area contributed by atoms with E-state index in [-0.39, 0.29) is 17.5 Å². The topological polar surface area (TPSA) is 63.2 Å². The molecule has 2 rings (SSSR count). The van der Waals surface area contributed by atoms with Crippen molar-refractivity contribution in [2.75, 3.05) is 5.32 Å². The van der Waals surface area contributed by atoms with Gasteiger partial charge in [-0.2, -0.15) is 0 Å². The minimum atomic E-state index is -0.361. The summed E-state index contributed by atoms with van der Waals surface area (Å²) >= 11 is 7.24. The number of halogens is 1. The molecule has 0 atom stereocenters. The first-order valence-electron chi connectivity index (χ1n) is 6.66. The third-order valence-electron chi connectivity index (χ3n) is 3.09. The van der Waals surface area contributed by atoms with Gasteiger partial charge in [-0.15, -0.1) is 11.3 Å². The fraction of sp³-hybridized carbons (Fsp3) is 0.188. The molecule has 1 amide bonds. The molecule has 0 spiro atoms. The number of rotatable bonds is 5. The normalized spacial score (nSPS) is 10.3. The maximum atomic E-state index is 12.2. The van der Waals surface area contributed by atoms with Crippen molar-refractivity contribution in [1.82, 2.24) is 0 Å². The Labute approximate surface area is 137 Å². The van der Waals surface area contributed by atoms with Crippen molar-refractivity contribution >= 4 is 46.1 Å². The van der Waals surface area contributed by atoms with E-state index in [0.717, 1.165) is 0 Å². The molecule has 0 saturated carbocycles. The third-order valence-corrected chi connectivity index (χ3v) is 4.35. The molecule has 4 nitrogen and oxygen atoms in total. The van der Waals surface area contributed by atoms with E-state index < -0.39 is 0 Å². The van der Waals surface area contributed by atoms with Gasteiger partial charge in [0.2, 0.25) is 0 Å². The number of ketones is 2. The highest BCUT2D eigenvalue weighted by atomic mass is 35.5. The lowest BCUT2D eigenvalue weighted by Crippen LogP contribution is -2.11. The van der Waals surface area contributed by atoms with Crippen molar-refractivity contribution in [3.05, 3.63) is 50.7 Å². The van der Waals surface area contributed by atoms with Crippen LogP contribution in [-0.4, -0.2) is 17.5 Å². The molecule has 1 N–H and O–H groups in total. The highest BCUT2D eigenvalue weighted by Crippen LogP contribution is 2.25. The molecule has 0 unspecified atom stereocenters. The van der Waals surface area contributed by atoms with Gasteiger partial charge in [0.1, 0.15) is 0 Å². The number of Topliss-reactive ketones (excluding diaryl/α,β-unsaturated/α-hetero) is 2. The lowest BCUT2D eigenvalue weighted by Gasteiger charge is -2.08. The van der Waals surface area contributed by atoms with Crippen LogP contribution in [0.4, 0.5) is 5.69 Å². The van der Waals surface area contributed by atoms with Gasteiger partial charge in [-0.25, -0.2) is 0 Å². The summed E-state index contributed by atoms with van der Waals surface area (Å²) in [6, 6.07) is 6.31. The molecular weight excluding hydrogens is 322 g/mol. The predicted octanol–water partition coefficient (Wildman–Crippen LogP) is 4.45. The Bertz CT molecular complexity index is 752. The van der Waals surface area contributed by atoms with Crippen LogP contribution in [0.1, 0.15) is 50.7 Å². The molecule has 22 heavy (non-hydrogen) atoms. The minimum Gasteiger partial charge on any atom is -0.320 e. The summed E-state index contributed by atoms with van der Waals surface area (Å²) in [5.41, 5.74) is 1.37. The van der Waals surface area contributed by atoms with Crippen molar-refractivity contribution in [3.8, 4) is 0 Å². The predicted molar refractivity (Wildman–Crippen MR) is 88.4 cm³/mol. The van der Waals surface area contributed by atoms with E-state index in [1.165, 1.54) is 24.3 Å². The smallest absolute Gasteiger partial charge is 0.265 e. The van der Waals surface area contributed by atoms with Crippen LogP contribution in [0, 0.1) is 0 Å². The van der Waals surface area contributed by atoms with E-state index >= 15 is 0 Å². The Morgan fingerprint density at radius 1 is 1.18 bits per heavy atom. The zero-order chi connectivity index (χ0) is 16.3. The molecule has 0 fully saturated rings. The first-order chi connectivity index (χ1) is 10.4. The van der Waals surface area contributed by atoms with Gasteiger partial charge in [0.05, 0.1) is 15.6 Å². The van der Waals surface area contributed by atoms with Gasteiger partial charge in [-0.05, 0) is 31.2 Å². The van der Waals surface area contributed by atoms with Crippen LogP contribution < -0.4 is 5.32 Å². The second-order valence-corrected chi connectivity index (χ2v) is 6.00. The largest absolute Gasteiger partial charge is 0.320 e. The molecule has 0 aliphatic carbocycles. The SMILES string of the molecule is CCC(=O)c1ccc(Cl)c(NC(=O)c2cc(C(C)=O)cs2)c1. The van der Waals surface area contributed by atoms with E-state index in [1.54, 1.807) is 30.5 Å². The van der Waals surface area contributed by atoms with Gasteiger partial charge in [0.25, 0.3) is 5.91 Å². The molecule has 2 aromatic rings. The highest BCUT2D eigenvalue weighted by Gasteiger charge is 2.14. The zero-order valence-corrected chi connectivity index (χ0v) is 13.7. The van der Waals surface area contributed by atoms with Gasteiger partial charge in [-0.3, -0.25) is 14.4 Å². The molecule has 0 radical (unpaired) electrons. The Morgan fingerprint density at radius 3 is 2.50 bits per heavy atom. The van der Waals surface area contributed by atoms with Gasteiger partial charge in [0.15, 0.2) is 11.6 Å². The maximum absolute atomic E-state index is 12.2. The van der Waals surface area contributed by atoms with Crippen molar-refractivity contribution in [1.29, 1.82) is 0 Å². The molecule has 1 aromatic heterocycles. The Hall–Kier alpha value is -1.98. The van der Waals surface area contributed by atoms with E-state index in [4.69, 9.17) is 11.6 Å². The summed E-state index contributed by atoms with van der Waals surface area (Å²) in [4.78, 5) is 35.6. The summed E-state index contributed by atoms with van der Waals surface area (Å²) in [7, 11) is 0. The Morgan fingerprint density at radius 2 is 1.91 bits per heavy atom. The van der Waals surface area contributed by atoms with Gasteiger partial charge in [-0.1, -0.05) is 18.5 Å². The first kappa shape index (κ1) is 16.4. The summed E-state index contributed by atoms with van der Waals surface area (Å²) < 4.78 is 0. The van der Waals surface area contributed by atoms with Gasteiger partial charge < -0.3 is 5.32 Å². The number of carbonyl (C=O) groups is 3. The molecule has 1 heterocycles. The Kier molecular flexibility index (Phi) is 5.11. The molecule has 0 aliphatic heterocycles.